The summed E-state index contributed by atoms with van der Waals surface area (Å²) in [5.41, 5.74) is 8.32. The summed E-state index contributed by atoms with van der Waals surface area (Å²) in [4.78, 5) is 47.7. The minimum atomic E-state index is -0.542. The number of carbonyl (C=O) groups is 3. The van der Waals surface area contributed by atoms with Gasteiger partial charge in [0.25, 0.3) is 0 Å². The molecule has 0 unspecified atom stereocenters. The average molecular weight is 873 g/mol. The van der Waals surface area contributed by atoms with Gasteiger partial charge < -0.3 is 72.0 Å². The number of ether oxygens (including phenoxy) is 11. The quantitative estimate of drug-likeness (QED) is 0.0443. The molecular weight excluding hydrogens is 800 g/mol. The summed E-state index contributed by atoms with van der Waals surface area (Å²) in [6, 6.07) is 3.52. The van der Waals surface area contributed by atoms with Gasteiger partial charge in [0.05, 0.1) is 138 Å². The third-order valence-electron chi connectivity index (χ3n) is 9.02. The van der Waals surface area contributed by atoms with Crippen LogP contribution in [0, 0.1) is 13.8 Å². The van der Waals surface area contributed by atoms with Gasteiger partial charge in [0, 0.05) is 50.4 Å². The molecule has 0 aliphatic rings. The van der Waals surface area contributed by atoms with E-state index in [1.54, 1.807) is 18.1 Å². The Balaban J connectivity index is 0.00000916. The van der Waals surface area contributed by atoms with Crippen LogP contribution in [0.2, 0.25) is 0 Å². The molecule has 350 valence electrons. The van der Waals surface area contributed by atoms with Crippen LogP contribution in [0.1, 0.15) is 48.8 Å². The minimum Gasteiger partial charge on any atom is -0.469 e. The topological polar surface area (TPSA) is 212 Å². The molecule has 18 heteroatoms. The highest BCUT2D eigenvalue weighted by atomic mass is 16.6. The van der Waals surface area contributed by atoms with Crippen molar-refractivity contribution in [2.75, 3.05) is 159 Å². The minimum absolute atomic E-state index is 0.0766. The number of hydrogen-bond acceptors (Lipinski definition) is 17. The first kappa shape index (κ1) is 55.5. The molecule has 0 spiro atoms. The summed E-state index contributed by atoms with van der Waals surface area (Å²) < 4.78 is 64.7. The lowest BCUT2D eigenvalue weighted by atomic mass is 10.0. The molecule has 2 rings (SSSR count). The molecule has 0 saturated carbocycles. The average Bonchev–Trinajstić information content (AvgIpc) is 3.26. The van der Waals surface area contributed by atoms with Gasteiger partial charge in [0.15, 0.2) is 0 Å². The summed E-state index contributed by atoms with van der Waals surface area (Å²) >= 11 is 0. The predicted octanol–water partition coefficient (Wildman–Crippen LogP) is 3.10. The molecular formula is C43H72N2O16. The number of rotatable bonds is 39. The summed E-state index contributed by atoms with van der Waals surface area (Å²) in [5.74, 6) is -0.422. The lowest BCUT2D eigenvalue weighted by Crippen LogP contribution is -2.36. The highest BCUT2D eigenvalue weighted by molar-refractivity contribution is 5.87. The number of aryl methyl sites for hydroxylation is 2. The maximum atomic E-state index is 13.5. The SMILES string of the molecule is C=O.COCCOCCOCCOCCOCCOCCOCCOCCOCCOCCCN(CCCCCC(=O)OC)C(=O)Cc1c(C)c2cc(C)c(N)cc2oc1=O. The van der Waals surface area contributed by atoms with E-state index in [1.165, 1.54) is 7.11 Å². The van der Waals surface area contributed by atoms with Gasteiger partial charge in [0.2, 0.25) is 5.91 Å². The number of nitrogen functional groups attached to an aromatic ring is 1. The maximum absolute atomic E-state index is 13.5. The molecule has 61 heavy (non-hydrogen) atoms. The van der Waals surface area contributed by atoms with Gasteiger partial charge in [-0.05, 0) is 50.3 Å². The predicted molar refractivity (Wildman–Crippen MR) is 228 cm³/mol. The molecule has 0 aliphatic carbocycles. The third kappa shape index (κ3) is 27.2. The van der Waals surface area contributed by atoms with Crippen molar-refractivity contribution < 1.29 is 70.9 Å². The first-order valence-electron chi connectivity index (χ1n) is 20.9. The van der Waals surface area contributed by atoms with Gasteiger partial charge in [-0.3, -0.25) is 9.59 Å². The number of anilines is 1. The second-order valence-corrected chi connectivity index (χ2v) is 13.5. The lowest BCUT2D eigenvalue weighted by molar-refractivity contribution is -0.140. The molecule has 0 bridgehead atoms. The van der Waals surface area contributed by atoms with Crippen molar-refractivity contribution in [1.29, 1.82) is 0 Å². The number of unbranched alkanes of at least 4 members (excludes halogenated alkanes) is 2. The van der Waals surface area contributed by atoms with Crippen LogP contribution in [-0.4, -0.2) is 176 Å². The van der Waals surface area contributed by atoms with E-state index in [-0.39, 0.29) is 18.3 Å². The Labute approximate surface area is 360 Å². The number of methoxy groups -OCH3 is 2. The van der Waals surface area contributed by atoms with Crippen LogP contribution < -0.4 is 11.4 Å². The van der Waals surface area contributed by atoms with E-state index in [4.69, 9.17) is 67.1 Å². The van der Waals surface area contributed by atoms with E-state index < -0.39 is 5.63 Å². The molecule has 0 aliphatic heterocycles. The fraction of sp³-hybridized carbons (Fsp3) is 0.721. The summed E-state index contributed by atoms with van der Waals surface area (Å²) in [5, 5.41) is 0.759. The molecule has 2 aromatic rings. The molecule has 0 atom stereocenters. The van der Waals surface area contributed by atoms with E-state index >= 15 is 0 Å². The molecule has 2 N–H and O–H groups in total. The number of carbonyl (C=O) groups excluding carboxylic acids is 3. The van der Waals surface area contributed by atoms with Gasteiger partial charge >= 0.3 is 11.6 Å². The largest absolute Gasteiger partial charge is 0.469 e. The fourth-order valence-electron chi connectivity index (χ4n) is 5.60. The zero-order chi connectivity index (χ0) is 44.8. The molecule has 0 saturated heterocycles. The fourth-order valence-corrected chi connectivity index (χ4v) is 5.60. The van der Waals surface area contributed by atoms with Gasteiger partial charge in [0.1, 0.15) is 12.4 Å². The van der Waals surface area contributed by atoms with E-state index in [1.807, 2.05) is 26.7 Å². The summed E-state index contributed by atoms with van der Waals surface area (Å²) in [6.45, 7) is 15.9. The molecule has 1 amide bonds. The molecule has 1 heterocycles. The van der Waals surface area contributed by atoms with Crippen molar-refractivity contribution >= 4 is 35.3 Å². The Kier molecular flexibility index (Phi) is 34.7. The van der Waals surface area contributed by atoms with Crippen molar-refractivity contribution in [3.05, 3.63) is 39.2 Å². The first-order chi connectivity index (χ1) is 29.8. The van der Waals surface area contributed by atoms with E-state index in [0.29, 0.717) is 187 Å². The smallest absolute Gasteiger partial charge is 0.340 e. The molecule has 0 radical (unpaired) electrons. The lowest BCUT2D eigenvalue weighted by Gasteiger charge is -2.23. The second-order valence-electron chi connectivity index (χ2n) is 13.5. The van der Waals surface area contributed by atoms with Crippen LogP contribution in [0.4, 0.5) is 5.69 Å². The number of fused-ring (bicyclic) bond motifs is 1. The number of benzene rings is 1. The molecule has 0 fully saturated rings. The van der Waals surface area contributed by atoms with Gasteiger partial charge in [-0.25, -0.2) is 4.79 Å². The van der Waals surface area contributed by atoms with E-state index in [9.17, 15) is 14.4 Å². The molecule has 1 aromatic carbocycles. The van der Waals surface area contributed by atoms with Gasteiger partial charge in [-0.1, -0.05) is 6.42 Å². The second kappa shape index (κ2) is 38.1. The zero-order valence-electron chi connectivity index (χ0n) is 37.0. The number of nitrogens with two attached hydrogens (primary N) is 1. The van der Waals surface area contributed by atoms with Crippen LogP contribution in [-0.2, 0) is 72.9 Å². The molecule has 18 nitrogen and oxygen atoms in total. The van der Waals surface area contributed by atoms with Crippen LogP contribution in [0.15, 0.2) is 21.3 Å². The van der Waals surface area contributed by atoms with Gasteiger partial charge in [-0.2, -0.15) is 0 Å². The van der Waals surface area contributed by atoms with E-state index in [0.717, 1.165) is 17.4 Å². The summed E-state index contributed by atoms with van der Waals surface area (Å²) in [6.07, 6.45) is 3.01. The first-order valence-corrected chi connectivity index (χ1v) is 20.9. The monoisotopic (exact) mass is 872 g/mol. The Morgan fingerprint density at radius 3 is 1.48 bits per heavy atom. The van der Waals surface area contributed by atoms with Crippen LogP contribution >= 0.6 is 0 Å². The van der Waals surface area contributed by atoms with Gasteiger partial charge in [-0.15, -0.1) is 0 Å². The highest BCUT2D eigenvalue weighted by Crippen LogP contribution is 2.25. The summed E-state index contributed by atoms with van der Waals surface area (Å²) in [7, 11) is 3.01. The number of hydrogen-bond donors (Lipinski definition) is 1. The number of amides is 1. The van der Waals surface area contributed by atoms with Crippen LogP contribution in [0.5, 0.6) is 0 Å². The Morgan fingerprint density at radius 2 is 1.03 bits per heavy atom. The Hall–Kier alpha value is -3.56. The maximum Gasteiger partial charge on any atom is 0.340 e. The van der Waals surface area contributed by atoms with Crippen LogP contribution in [0.3, 0.4) is 0 Å². The normalized spacial score (nSPS) is 11.1. The van der Waals surface area contributed by atoms with Crippen molar-refractivity contribution in [3.8, 4) is 0 Å². The Morgan fingerprint density at radius 1 is 0.607 bits per heavy atom. The highest BCUT2D eigenvalue weighted by Gasteiger charge is 2.20. The number of esters is 1. The van der Waals surface area contributed by atoms with Crippen molar-refractivity contribution in [2.45, 2.75) is 52.4 Å². The Bertz CT molecular complexity index is 1480. The van der Waals surface area contributed by atoms with E-state index in [2.05, 4.69) is 0 Å². The van der Waals surface area contributed by atoms with Crippen molar-refractivity contribution in [2.24, 2.45) is 0 Å². The van der Waals surface area contributed by atoms with Crippen LogP contribution in [0.25, 0.3) is 11.0 Å². The van der Waals surface area contributed by atoms with Crippen molar-refractivity contribution in [3.63, 3.8) is 0 Å². The number of nitrogens with zero attached hydrogens (tertiary/aromatic N) is 1. The van der Waals surface area contributed by atoms with Crippen molar-refractivity contribution in [1.82, 2.24) is 4.90 Å². The third-order valence-corrected chi connectivity index (χ3v) is 9.02. The standard InChI is InChI=1S/C42H70N2O15.CH2O/c1-34-31-36-35(2)37(42(47)59-39(36)33-38(34)43)32-40(45)44(10-7-5-6-9-41(46)49-4)11-8-12-50-15-16-52-19-20-54-23-24-56-27-28-58-30-29-57-26-25-55-22-21-53-18-17-51-14-13-48-3;1-2/h31,33H,5-30,32,43H2,1-4H3;1H2. The zero-order valence-corrected chi connectivity index (χ0v) is 37.0. The molecule has 1 aromatic heterocycles.